The van der Waals surface area contributed by atoms with E-state index in [0.29, 0.717) is 0 Å². The molecule has 1 fully saturated rings. The van der Waals surface area contributed by atoms with E-state index in [-0.39, 0.29) is 17.0 Å². The predicted molar refractivity (Wildman–Crippen MR) is 86.9 cm³/mol. The summed E-state index contributed by atoms with van der Waals surface area (Å²) in [5.74, 6) is -1.01. The largest absolute Gasteiger partial charge is 0.573 e. The lowest BCUT2D eigenvalue weighted by Gasteiger charge is -2.30. The van der Waals surface area contributed by atoms with Crippen LogP contribution in [0.25, 0.3) is 0 Å². The smallest absolute Gasteiger partial charge is 0.406 e. The Morgan fingerprint density at radius 2 is 1.96 bits per heavy atom. The summed E-state index contributed by atoms with van der Waals surface area (Å²) in [5, 5.41) is 5.97. The predicted octanol–water partition coefficient (Wildman–Crippen LogP) is 1.12. The molecule has 11 heteroatoms. The van der Waals surface area contributed by atoms with Gasteiger partial charge < -0.3 is 15.4 Å². The van der Waals surface area contributed by atoms with Crippen LogP contribution in [0.1, 0.15) is 19.8 Å². The van der Waals surface area contributed by atoms with E-state index in [4.69, 9.17) is 0 Å². The van der Waals surface area contributed by atoms with Crippen LogP contribution in [0, 0.1) is 0 Å². The molecule has 0 spiro atoms. The summed E-state index contributed by atoms with van der Waals surface area (Å²) in [7, 11) is -4.03. The average molecular weight is 395 g/mol. The number of ether oxygens (including phenoxy) is 1. The maximum absolute atomic E-state index is 12.1. The lowest BCUT2D eigenvalue weighted by Crippen LogP contribution is -2.53. The molecule has 0 aliphatic carbocycles. The quantitative estimate of drug-likeness (QED) is 0.671. The molecule has 2 unspecified atom stereocenters. The van der Waals surface area contributed by atoms with Gasteiger partial charge in [-0.25, -0.2) is 13.1 Å². The zero-order valence-corrected chi connectivity index (χ0v) is 14.8. The summed E-state index contributed by atoms with van der Waals surface area (Å²) in [6.07, 6.45) is -3.15. The van der Waals surface area contributed by atoms with E-state index in [1.54, 1.807) is 0 Å². The van der Waals surface area contributed by atoms with Gasteiger partial charge in [-0.15, -0.1) is 13.2 Å². The third-order valence-electron chi connectivity index (χ3n) is 3.90. The molecule has 2 rings (SSSR count). The topological polar surface area (TPSA) is 96.5 Å². The number of amides is 1. The van der Waals surface area contributed by atoms with Crippen LogP contribution >= 0.6 is 0 Å². The molecule has 0 bridgehead atoms. The van der Waals surface area contributed by atoms with Gasteiger partial charge in [0.05, 0.1) is 11.4 Å². The molecule has 0 aromatic heterocycles. The molecule has 7 nitrogen and oxygen atoms in total. The van der Waals surface area contributed by atoms with E-state index in [1.165, 1.54) is 0 Å². The van der Waals surface area contributed by atoms with Gasteiger partial charge in [-0.05, 0) is 50.6 Å². The standard InChI is InChI=1S/C15H20F3N3O4S/c1-10-13(3-2-8-19-10)21-14(22)9-20-26(23,24)12-6-4-11(5-7-12)25-15(16,17)18/h4-7,10,13,19-20H,2-3,8-9H2,1H3,(H,21,22). The molecule has 0 radical (unpaired) electrons. The van der Waals surface area contributed by atoms with Gasteiger partial charge in [-0.3, -0.25) is 4.79 Å². The van der Waals surface area contributed by atoms with Crippen molar-refractivity contribution < 1.29 is 31.1 Å². The minimum absolute atomic E-state index is 0.0837. The molecule has 0 saturated carbocycles. The zero-order chi connectivity index (χ0) is 19.4. The van der Waals surface area contributed by atoms with Crippen molar-refractivity contribution in [3.63, 3.8) is 0 Å². The number of halogens is 3. The Labute approximate surface area is 149 Å². The van der Waals surface area contributed by atoms with Gasteiger partial charge in [0.25, 0.3) is 0 Å². The van der Waals surface area contributed by atoms with Gasteiger partial charge in [0.15, 0.2) is 0 Å². The first-order valence-corrected chi connectivity index (χ1v) is 9.43. The van der Waals surface area contributed by atoms with Crippen molar-refractivity contribution in [3.8, 4) is 5.75 Å². The van der Waals surface area contributed by atoms with Crippen molar-refractivity contribution in [3.05, 3.63) is 24.3 Å². The normalized spacial score (nSPS) is 21.2. The Hall–Kier alpha value is -1.85. The Bertz CT molecular complexity index is 723. The summed E-state index contributed by atoms with van der Waals surface area (Å²) in [4.78, 5) is 11.7. The van der Waals surface area contributed by atoms with Gasteiger partial charge in [0, 0.05) is 12.1 Å². The number of hydrogen-bond acceptors (Lipinski definition) is 5. The molecule has 146 valence electrons. The van der Waals surface area contributed by atoms with E-state index < -0.39 is 34.6 Å². The van der Waals surface area contributed by atoms with Crippen molar-refractivity contribution >= 4 is 15.9 Å². The highest BCUT2D eigenvalue weighted by Crippen LogP contribution is 2.23. The van der Waals surface area contributed by atoms with Crippen LogP contribution in [0.15, 0.2) is 29.2 Å². The lowest BCUT2D eigenvalue weighted by atomic mass is 10.00. The number of alkyl halides is 3. The first kappa shape index (κ1) is 20.5. The number of piperidine rings is 1. The molecule has 26 heavy (non-hydrogen) atoms. The minimum atomic E-state index is -4.86. The number of benzene rings is 1. The fourth-order valence-electron chi connectivity index (χ4n) is 2.56. The van der Waals surface area contributed by atoms with Gasteiger partial charge in [0.2, 0.25) is 15.9 Å². The second-order valence-electron chi connectivity index (χ2n) is 5.90. The summed E-state index contributed by atoms with van der Waals surface area (Å²) < 4.78 is 66.4. The summed E-state index contributed by atoms with van der Waals surface area (Å²) >= 11 is 0. The Balaban J connectivity index is 1.90. The highest BCUT2D eigenvalue weighted by molar-refractivity contribution is 7.89. The second-order valence-corrected chi connectivity index (χ2v) is 7.67. The fourth-order valence-corrected chi connectivity index (χ4v) is 3.55. The number of nitrogens with one attached hydrogen (secondary N) is 3. The van der Waals surface area contributed by atoms with Crippen LogP contribution in [0.5, 0.6) is 5.75 Å². The lowest BCUT2D eigenvalue weighted by molar-refractivity contribution is -0.274. The molecular weight excluding hydrogens is 375 g/mol. The Kier molecular flexibility index (Phi) is 6.48. The van der Waals surface area contributed by atoms with Crippen molar-refractivity contribution in [2.75, 3.05) is 13.1 Å². The molecule has 1 amide bonds. The van der Waals surface area contributed by atoms with Gasteiger partial charge in [-0.2, -0.15) is 0 Å². The van der Waals surface area contributed by atoms with Crippen molar-refractivity contribution in [2.24, 2.45) is 0 Å². The number of sulfonamides is 1. The number of carbonyl (C=O) groups excluding carboxylic acids is 1. The maximum Gasteiger partial charge on any atom is 0.573 e. The van der Waals surface area contributed by atoms with Crippen LogP contribution in [-0.4, -0.2) is 45.9 Å². The fraction of sp³-hybridized carbons (Fsp3) is 0.533. The van der Waals surface area contributed by atoms with Gasteiger partial charge in [0.1, 0.15) is 5.75 Å². The maximum atomic E-state index is 12.1. The molecule has 1 aromatic carbocycles. The molecular formula is C15H20F3N3O4S. The summed E-state index contributed by atoms with van der Waals surface area (Å²) in [5.41, 5.74) is 0. The first-order chi connectivity index (χ1) is 12.1. The van der Waals surface area contributed by atoms with Crippen LogP contribution in [0.3, 0.4) is 0 Å². The molecule has 1 aromatic rings. The summed E-state index contributed by atoms with van der Waals surface area (Å²) in [6, 6.07) is 3.71. The number of rotatable bonds is 6. The van der Waals surface area contributed by atoms with Gasteiger partial charge in [-0.1, -0.05) is 0 Å². The van der Waals surface area contributed by atoms with Crippen LogP contribution in [-0.2, 0) is 14.8 Å². The SMILES string of the molecule is CC1NCCCC1NC(=O)CNS(=O)(=O)c1ccc(OC(F)(F)F)cc1. The third kappa shape index (κ3) is 6.15. The van der Waals surface area contributed by atoms with Crippen molar-refractivity contribution in [1.29, 1.82) is 0 Å². The Morgan fingerprint density at radius 3 is 2.54 bits per heavy atom. The molecule has 1 aliphatic heterocycles. The molecule has 1 heterocycles. The highest BCUT2D eigenvalue weighted by atomic mass is 32.2. The van der Waals surface area contributed by atoms with Crippen molar-refractivity contribution in [2.45, 2.75) is 43.1 Å². The number of hydrogen-bond donors (Lipinski definition) is 3. The van der Waals surface area contributed by atoms with E-state index in [9.17, 15) is 26.4 Å². The number of carbonyl (C=O) groups is 1. The van der Waals surface area contributed by atoms with Gasteiger partial charge >= 0.3 is 6.36 Å². The van der Waals surface area contributed by atoms with Crippen LogP contribution in [0.4, 0.5) is 13.2 Å². The first-order valence-electron chi connectivity index (χ1n) is 7.95. The highest BCUT2D eigenvalue weighted by Gasteiger charge is 2.31. The summed E-state index contributed by atoms with van der Waals surface area (Å²) in [6.45, 7) is 2.33. The van der Waals surface area contributed by atoms with Crippen LogP contribution in [0.2, 0.25) is 0 Å². The van der Waals surface area contributed by atoms with E-state index in [2.05, 4.69) is 20.1 Å². The van der Waals surface area contributed by atoms with E-state index in [0.717, 1.165) is 43.7 Å². The zero-order valence-electron chi connectivity index (χ0n) is 14.0. The Morgan fingerprint density at radius 1 is 1.31 bits per heavy atom. The van der Waals surface area contributed by atoms with E-state index in [1.807, 2.05) is 6.92 Å². The van der Waals surface area contributed by atoms with E-state index >= 15 is 0 Å². The molecule has 1 saturated heterocycles. The van der Waals surface area contributed by atoms with Crippen LogP contribution < -0.4 is 20.1 Å². The molecule has 3 N–H and O–H groups in total. The molecule has 1 aliphatic rings. The second kappa shape index (κ2) is 8.23. The van der Waals surface area contributed by atoms with Crippen molar-refractivity contribution in [1.82, 2.24) is 15.4 Å². The minimum Gasteiger partial charge on any atom is -0.406 e. The third-order valence-corrected chi connectivity index (χ3v) is 5.32. The average Bonchev–Trinajstić information content (AvgIpc) is 2.54. The molecule has 2 atom stereocenters. The monoisotopic (exact) mass is 395 g/mol.